The number of likely N-dealkylation sites (tertiary alicyclic amines) is 1. The van der Waals surface area contributed by atoms with Gasteiger partial charge in [-0.2, -0.15) is 0 Å². The van der Waals surface area contributed by atoms with Gasteiger partial charge in [0.25, 0.3) is 5.91 Å². The number of hydrogen-bond donors (Lipinski definition) is 1. The zero-order chi connectivity index (χ0) is 16.5. The van der Waals surface area contributed by atoms with E-state index in [0.29, 0.717) is 19.7 Å². The van der Waals surface area contributed by atoms with Crippen molar-refractivity contribution in [2.75, 3.05) is 19.7 Å². The van der Waals surface area contributed by atoms with Crippen LogP contribution in [0.4, 0.5) is 0 Å². The van der Waals surface area contributed by atoms with Gasteiger partial charge >= 0.3 is 0 Å². The largest absolute Gasteiger partial charge is 0.368 e. The molecule has 1 unspecified atom stereocenters. The Labute approximate surface area is 141 Å². The van der Waals surface area contributed by atoms with Gasteiger partial charge in [-0.05, 0) is 31.7 Å². The minimum Gasteiger partial charge on any atom is -0.368 e. The molecule has 0 spiro atoms. The van der Waals surface area contributed by atoms with Crippen LogP contribution in [0.5, 0.6) is 0 Å². The van der Waals surface area contributed by atoms with E-state index in [2.05, 4.69) is 4.98 Å². The molecule has 3 heterocycles. The van der Waals surface area contributed by atoms with Crippen molar-refractivity contribution >= 4 is 22.6 Å². The lowest BCUT2D eigenvalue weighted by Gasteiger charge is -2.32. The van der Waals surface area contributed by atoms with Crippen LogP contribution in [0.2, 0.25) is 0 Å². The van der Waals surface area contributed by atoms with Gasteiger partial charge in [-0.15, -0.1) is 0 Å². The van der Waals surface area contributed by atoms with E-state index in [1.807, 2.05) is 35.4 Å². The number of ether oxygens (including phenoxy) is 1. The summed E-state index contributed by atoms with van der Waals surface area (Å²) in [7, 11) is 0. The van der Waals surface area contributed by atoms with Gasteiger partial charge in [-0.3, -0.25) is 9.59 Å². The molecule has 5 heteroatoms. The third-order valence-corrected chi connectivity index (χ3v) is 5.24. The summed E-state index contributed by atoms with van der Waals surface area (Å²) in [6.07, 6.45) is 4.81. The van der Waals surface area contributed by atoms with Crippen molar-refractivity contribution in [2.24, 2.45) is 5.92 Å². The smallest absolute Gasteiger partial charge is 0.251 e. The maximum Gasteiger partial charge on any atom is 0.251 e. The lowest BCUT2D eigenvalue weighted by molar-refractivity contribution is -0.142. The van der Waals surface area contributed by atoms with E-state index in [1.165, 1.54) is 0 Å². The molecule has 24 heavy (non-hydrogen) atoms. The third-order valence-electron chi connectivity index (χ3n) is 5.24. The van der Waals surface area contributed by atoms with Crippen LogP contribution in [0.1, 0.15) is 36.0 Å². The fourth-order valence-corrected chi connectivity index (χ4v) is 3.83. The first-order valence-electron chi connectivity index (χ1n) is 8.75. The quantitative estimate of drug-likeness (QED) is 0.882. The molecule has 0 radical (unpaired) electrons. The highest BCUT2D eigenvalue weighted by Gasteiger charge is 2.33. The number of Topliss-reactive ketones (excluding diaryl/α,β-unsaturated/α-hetero) is 1. The number of nitrogens with zero attached hydrogens (tertiary/aromatic N) is 1. The summed E-state index contributed by atoms with van der Waals surface area (Å²) >= 11 is 0. The van der Waals surface area contributed by atoms with Crippen LogP contribution in [0.15, 0.2) is 30.5 Å². The number of carbonyl (C=O) groups excluding carboxylic acids is 2. The number of aromatic nitrogens is 1. The van der Waals surface area contributed by atoms with Crippen LogP contribution in [0.3, 0.4) is 0 Å². The molecule has 2 aliphatic rings. The standard InChI is InChI=1S/C19H22N2O3/c22-18(15-12-20-16-5-2-1-4-14(15)16)13-7-9-21(10-8-13)19(23)17-6-3-11-24-17/h1-2,4-5,12-13,17,20H,3,6-11H2. The summed E-state index contributed by atoms with van der Waals surface area (Å²) in [5.41, 5.74) is 1.77. The summed E-state index contributed by atoms with van der Waals surface area (Å²) < 4.78 is 5.49. The number of H-pyrrole nitrogens is 1. The molecule has 0 aliphatic carbocycles. The number of carbonyl (C=O) groups is 2. The first-order chi connectivity index (χ1) is 11.7. The Kier molecular flexibility index (Phi) is 4.10. The topological polar surface area (TPSA) is 62.4 Å². The zero-order valence-corrected chi connectivity index (χ0v) is 13.7. The zero-order valence-electron chi connectivity index (χ0n) is 13.7. The summed E-state index contributed by atoms with van der Waals surface area (Å²) in [5, 5.41) is 0.986. The minimum absolute atomic E-state index is 0.00208. The molecule has 1 aromatic carbocycles. The van der Waals surface area contributed by atoms with Crippen molar-refractivity contribution in [3.05, 3.63) is 36.0 Å². The van der Waals surface area contributed by atoms with Crippen LogP contribution in [-0.2, 0) is 9.53 Å². The monoisotopic (exact) mass is 326 g/mol. The molecule has 2 aliphatic heterocycles. The van der Waals surface area contributed by atoms with Crippen LogP contribution in [0.25, 0.3) is 10.9 Å². The Morgan fingerprint density at radius 3 is 2.67 bits per heavy atom. The van der Waals surface area contributed by atoms with Crippen molar-refractivity contribution in [3.63, 3.8) is 0 Å². The van der Waals surface area contributed by atoms with Gasteiger partial charge in [-0.1, -0.05) is 18.2 Å². The number of amides is 1. The van der Waals surface area contributed by atoms with Crippen LogP contribution >= 0.6 is 0 Å². The Hall–Kier alpha value is -2.14. The first kappa shape index (κ1) is 15.4. The number of ketones is 1. The SMILES string of the molecule is O=C(c1c[nH]c2ccccc12)C1CCN(C(=O)C2CCCO2)CC1. The summed E-state index contributed by atoms with van der Waals surface area (Å²) in [5.74, 6) is 0.292. The first-order valence-corrected chi connectivity index (χ1v) is 8.75. The Morgan fingerprint density at radius 2 is 1.92 bits per heavy atom. The molecule has 0 saturated carbocycles. The van der Waals surface area contributed by atoms with Gasteiger partial charge < -0.3 is 14.6 Å². The maximum absolute atomic E-state index is 12.9. The second kappa shape index (κ2) is 6.40. The lowest BCUT2D eigenvalue weighted by atomic mass is 9.88. The van der Waals surface area contributed by atoms with Gasteiger partial charge in [-0.25, -0.2) is 0 Å². The maximum atomic E-state index is 12.9. The van der Waals surface area contributed by atoms with E-state index < -0.39 is 0 Å². The molecule has 0 bridgehead atoms. The fourth-order valence-electron chi connectivity index (χ4n) is 3.83. The Balaban J connectivity index is 1.42. The molecule has 1 aromatic heterocycles. The average molecular weight is 326 g/mol. The predicted molar refractivity (Wildman–Crippen MR) is 90.9 cm³/mol. The predicted octanol–water partition coefficient (Wildman–Crippen LogP) is 2.77. The van der Waals surface area contributed by atoms with Gasteiger partial charge in [0.1, 0.15) is 6.10 Å². The highest BCUT2D eigenvalue weighted by molar-refractivity contribution is 6.08. The number of fused-ring (bicyclic) bond motifs is 1. The van der Waals surface area contributed by atoms with Gasteiger partial charge in [0.2, 0.25) is 0 Å². The summed E-state index contributed by atoms with van der Waals surface area (Å²) in [6, 6.07) is 7.88. The highest BCUT2D eigenvalue weighted by atomic mass is 16.5. The molecular formula is C19H22N2O3. The van der Waals surface area contributed by atoms with Crippen molar-refractivity contribution in [2.45, 2.75) is 31.8 Å². The Bertz CT molecular complexity index is 753. The van der Waals surface area contributed by atoms with Gasteiger partial charge in [0.15, 0.2) is 5.78 Å². The second-order valence-corrected chi connectivity index (χ2v) is 6.71. The molecule has 2 saturated heterocycles. The second-order valence-electron chi connectivity index (χ2n) is 6.71. The van der Waals surface area contributed by atoms with E-state index in [0.717, 1.165) is 42.1 Å². The van der Waals surface area contributed by atoms with Crippen LogP contribution < -0.4 is 0 Å². The van der Waals surface area contributed by atoms with Crippen molar-refractivity contribution in [1.29, 1.82) is 0 Å². The van der Waals surface area contributed by atoms with Gasteiger partial charge in [0, 0.05) is 48.3 Å². The summed E-state index contributed by atoms with van der Waals surface area (Å²) in [4.78, 5) is 30.3. The number of piperidine rings is 1. The third kappa shape index (κ3) is 2.73. The molecule has 1 N–H and O–H groups in total. The number of aromatic amines is 1. The normalized spacial score (nSPS) is 22.2. The van der Waals surface area contributed by atoms with Crippen molar-refractivity contribution < 1.29 is 14.3 Å². The van der Waals surface area contributed by atoms with Crippen molar-refractivity contribution in [3.8, 4) is 0 Å². The van der Waals surface area contributed by atoms with E-state index in [1.54, 1.807) is 0 Å². The van der Waals surface area contributed by atoms with Crippen LogP contribution in [-0.4, -0.2) is 47.4 Å². The molecule has 5 nitrogen and oxygen atoms in total. The molecule has 126 valence electrons. The number of benzene rings is 1. The van der Waals surface area contributed by atoms with E-state index >= 15 is 0 Å². The number of hydrogen-bond acceptors (Lipinski definition) is 3. The lowest BCUT2D eigenvalue weighted by Crippen LogP contribution is -2.44. The van der Waals surface area contributed by atoms with Crippen molar-refractivity contribution in [1.82, 2.24) is 9.88 Å². The van der Waals surface area contributed by atoms with E-state index in [4.69, 9.17) is 4.74 Å². The van der Waals surface area contributed by atoms with E-state index in [-0.39, 0.29) is 23.7 Å². The molecule has 2 aromatic rings. The number of rotatable bonds is 3. The van der Waals surface area contributed by atoms with E-state index in [9.17, 15) is 9.59 Å². The molecule has 1 atom stereocenters. The highest BCUT2D eigenvalue weighted by Crippen LogP contribution is 2.27. The van der Waals surface area contributed by atoms with Crippen LogP contribution in [0, 0.1) is 5.92 Å². The number of para-hydroxylation sites is 1. The minimum atomic E-state index is -0.258. The molecule has 1 amide bonds. The molecule has 4 rings (SSSR count). The summed E-state index contributed by atoms with van der Waals surface area (Å²) in [6.45, 7) is 1.99. The van der Waals surface area contributed by atoms with Gasteiger partial charge in [0.05, 0.1) is 0 Å². The number of nitrogens with one attached hydrogen (secondary N) is 1. The molecular weight excluding hydrogens is 304 g/mol. The Morgan fingerprint density at radius 1 is 1.12 bits per heavy atom. The molecule has 2 fully saturated rings. The average Bonchev–Trinajstić information content (AvgIpc) is 3.30. The fraction of sp³-hybridized carbons (Fsp3) is 0.474.